The molecule has 22 heavy (non-hydrogen) atoms. The van der Waals surface area contributed by atoms with Gasteiger partial charge in [0.1, 0.15) is 0 Å². The molecule has 0 aliphatic heterocycles. The van der Waals surface area contributed by atoms with Gasteiger partial charge in [0, 0.05) is 11.1 Å². The molecule has 0 aliphatic carbocycles. The van der Waals surface area contributed by atoms with E-state index in [0.29, 0.717) is 0 Å². The van der Waals surface area contributed by atoms with Crippen LogP contribution >= 0.6 is 0 Å². The van der Waals surface area contributed by atoms with Crippen molar-refractivity contribution < 1.29 is 57.5 Å². The van der Waals surface area contributed by atoms with Crippen molar-refractivity contribution in [2.75, 3.05) is 6.61 Å². The molecule has 134 valence electrons. The average Bonchev–Trinajstić information content (AvgIpc) is 2.06. The molecule has 0 N–H and O–H groups in total. The first kappa shape index (κ1) is 21.0. The van der Waals surface area contributed by atoms with Crippen LogP contribution in [0, 0.1) is 0 Å². The number of rotatable bonds is 4. The van der Waals surface area contributed by atoms with E-state index < -0.39 is 47.8 Å². The molecule has 15 heteroatoms. The van der Waals surface area contributed by atoms with Crippen LogP contribution in [0.5, 0.6) is 0 Å². The predicted octanol–water partition coefficient (Wildman–Crippen LogP) is 3.99. The molecule has 3 nitrogen and oxygen atoms in total. The fraction of sp³-hybridized carbons (Fsp3) is 1.00. The number of halogens is 12. The Hall–Kier alpha value is -0.960. The lowest BCUT2D eigenvalue weighted by atomic mass is 10.3. The molecule has 0 fully saturated rings. The van der Waals surface area contributed by atoms with Crippen LogP contribution in [-0.2, 0) is 4.84 Å². The Balaban J connectivity index is 5.14. The highest BCUT2D eigenvalue weighted by atomic mass is 19.4. The van der Waals surface area contributed by atoms with Gasteiger partial charge in [0.2, 0.25) is 0 Å². The number of hydrogen-bond acceptors (Lipinski definition) is 3. The van der Waals surface area contributed by atoms with Gasteiger partial charge in [-0.15, -0.1) is 4.90 Å². The monoisotopic (exact) mass is 362 g/mol. The van der Waals surface area contributed by atoms with E-state index in [2.05, 4.69) is 4.84 Å². The van der Waals surface area contributed by atoms with Crippen LogP contribution in [0.3, 0.4) is 0 Å². The van der Waals surface area contributed by atoms with Gasteiger partial charge in [-0.2, -0.15) is 52.7 Å². The van der Waals surface area contributed by atoms with Gasteiger partial charge in [-0.3, -0.25) is 4.84 Å². The van der Waals surface area contributed by atoms with E-state index in [0.717, 1.165) is 0 Å². The summed E-state index contributed by atoms with van der Waals surface area (Å²) in [6.07, 6.45) is -24.6. The highest BCUT2D eigenvalue weighted by Crippen LogP contribution is 2.37. The van der Waals surface area contributed by atoms with Gasteiger partial charge >= 0.3 is 25.2 Å². The van der Waals surface area contributed by atoms with E-state index in [9.17, 15) is 52.7 Å². The van der Waals surface area contributed by atoms with Crippen molar-refractivity contribution in [3.05, 3.63) is 0 Å². The van der Waals surface area contributed by atoms with Gasteiger partial charge in [-0.1, -0.05) is 0 Å². The first-order chi connectivity index (χ1) is 9.38. The van der Waals surface area contributed by atoms with Crippen molar-refractivity contribution in [2.45, 2.75) is 38.2 Å². The largest absolute Gasteiger partial charge is 0.490 e. The fourth-order valence-electron chi connectivity index (χ4n) is 1.19. The molecule has 0 saturated carbocycles. The highest BCUT2D eigenvalue weighted by molar-refractivity contribution is 4.72. The molecule has 0 saturated heterocycles. The van der Waals surface area contributed by atoms with Crippen LogP contribution in [-0.4, -0.2) is 47.8 Å². The lowest BCUT2D eigenvalue weighted by Crippen LogP contribution is -2.56. The van der Waals surface area contributed by atoms with Crippen LogP contribution in [0.15, 0.2) is 0 Å². The smallest absolute Gasteiger partial charge is 0.282 e. The van der Waals surface area contributed by atoms with E-state index in [1.54, 1.807) is 0 Å². The predicted molar refractivity (Wildman–Crippen MR) is 43.3 cm³/mol. The van der Waals surface area contributed by atoms with Crippen molar-refractivity contribution >= 4 is 0 Å². The number of alkyl halides is 12. The summed E-state index contributed by atoms with van der Waals surface area (Å²) in [6, 6.07) is -2.91. The van der Waals surface area contributed by atoms with Gasteiger partial charge < -0.3 is 0 Å². The van der Waals surface area contributed by atoms with Crippen molar-refractivity contribution in [1.82, 2.24) is 9.96 Å². The van der Waals surface area contributed by atoms with Gasteiger partial charge in [-0.25, -0.2) is 0 Å². The van der Waals surface area contributed by atoms with Gasteiger partial charge in [-0.05, 0) is 6.92 Å². The summed E-state index contributed by atoms with van der Waals surface area (Å²) in [6.45, 7) is -2.09. The molecule has 0 radical (unpaired) electrons. The van der Waals surface area contributed by atoms with Gasteiger partial charge in [0.25, 0.3) is 0 Å². The van der Waals surface area contributed by atoms with E-state index in [-0.39, 0.29) is 6.92 Å². The SMILES string of the molecule is CC(CON(C(F)(F)F)C(F)(F)F)N(C(F)(F)F)C(F)(F)F. The standard InChI is InChI=1S/C7H6F12N2O/c1-3(20(4(8,9)10)5(11,12)13)2-22-21(6(14,15)16)7(17,18)19/h3H,2H2,1H3. The first-order valence-corrected chi connectivity index (χ1v) is 4.88. The Morgan fingerprint density at radius 3 is 1.23 bits per heavy atom. The molecular weight excluding hydrogens is 356 g/mol. The van der Waals surface area contributed by atoms with Crippen molar-refractivity contribution in [3.63, 3.8) is 0 Å². The summed E-state index contributed by atoms with van der Waals surface area (Å²) < 4.78 is 145. The maximum Gasteiger partial charge on any atom is 0.490 e. The summed E-state index contributed by atoms with van der Waals surface area (Å²) in [5, 5.41) is -2.60. The minimum absolute atomic E-state index is 0.0892. The molecule has 0 aliphatic rings. The van der Waals surface area contributed by atoms with Crippen molar-refractivity contribution in [1.29, 1.82) is 0 Å². The summed E-state index contributed by atoms with van der Waals surface area (Å²) in [7, 11) is 0. The fourth-order valence-corrected chi connectivity index (χ4v) is 1.19. The number of hydroxylamine groups is 2. The topological polar surface area (TPSA) is 15.7 Å². The molecule has 0 spiro atoms. The zero-order valence-electron chi connectivity index (χ0n) is 10.1. The molecule has 0 aromatic rings. The third-order valence-corrected chi connectivity index (χ3v) is 1.89. The molecule has 0 heterocycles. The van der Waals surface area contributed by atoms with Crippen molar-refractivity contribution in [3.8, 4) is 0 Å². The van der Waals surface area contributed by atoms with Crippen molar-refractivity contribution in [2.24, 2.45) is 0 Å². The normalized spacial score (nSPS) is 16.5. The Morgan fingerprint density at radius 2 is 1.00 bits per heavy atom. The Kier molecular flexibility index (Phi) is 6.00. The minimum atomic E-state index is -6.21. The van der Waals surface area contributed by atoms with E-state index in [1.165, 1.54) is 0 Å². The van der Waals surface area contributed by atoms with Crippen LogP contribution in [0.1, 0.15) is 6.92 Å². The molecule has 0 rings (SSSR count). The third-order valence-electron chi connectivity index (χ3n) is 1.89. The molecule has 0 bridgehead atoms. The summed E-state index contributed by atoms with van der Waals surface area (Å²) >= 11 is 0. The molecule has 0 amide bonds. The van der Waals surface area contributed by atoms with Crippen LogP contribution in [0.2, 0.25) is 0 Å². The molecule has 0 aromatic heterocycles. The minimum Gasteiger partial charge on any atom is -0.282 e. The number of nitrogens with zero attached hydrogens (tertiary/aromatic N) is 2. The highest BCUT2D eigenvalue weighted by Gasteiger charge is 2.59. The average molecular weight is 362 g/mol. The lowest BCUT2D eigenvalue weighted by Gasteiger charge is -2.33. The quantitative estimate of drug-likeness (QED) is 0.427. The van der Waals surface area contributed by atoms with Crippen LogP contribution in [0.25, 0.3) is 0 Å². The Morgan fingerprint density at radius 1 is 0.682 bits per heavy atom. The molecule has 0 aromatic carbocycles. The van der Waals surface area contributed by atoms with Crippen LogP contribution in [0.4, 0.5) is 52.7 Å². The zero-order valence-corrected chi connectivity index (χ0v) is 10.1. The zero-order chi connectivity index (χ0) is 18.1. The van der Waals surface area contributed by atoms with E-state index >= 15 is 0 Å². The van der Waals surface area contributed by atoms with Gasteiger partial charge in [0.05, 0.1) is 6.61 Å². The summed E-state index contributed by atoms with van der Waals surface area (Å²) in [4.78, 5) is 0.856. The third kappa shape index (κ3) is 6.04. The molecule has 1 atom stereocenters. The Labute approximate surface area is 114 Å². The second-order valence-electron chi connectivity index (χ2n) is 3.68. The van der Waals surface area contributed by atoms with E-state index in [4.69, 9.17) is 0 Å². The van der Waals surface area contributed by atoms with E-state index in [1.807, 2.05) is 0 Å². The van der Waals surface area contributed by atoms with Gasteiger partial charge in [0.15, 0.2) is 0 Å². The molecule has 1 unspecified atom stereocenters. The molecular formula is C7H6F12N2O. The van der Waals surface area contributed by atoms with Crippen LogP contribution < -0.4 is 0 Å². The summed E-state index contributed by atoms with van der Waals surface area (Å²) in [5.41, 5.74) is 0. The second-order valence-corrected chi connectivity index (χ2v) is 3.68. The maximum atomic E-state index is 12.2. The maximum absolute atomic E-state index is 12.2. The Bertz CT molecular complexity index is 326. The second kappa shape index (κ2) is 6.27. The summed E-state index contributed by atoms with van der Waals surface area (Å²) in [5.74, 6) is 0. The first-order valence-electron chi connectivity index (χ1n) is 4.88. The lowest BCUT2D eigenvalue weighted by molar-refractivity contribution is -0.486. The number of hydrogen-bond donors (Lipinski definition) is 0.